The monoisotopic (exact) mass is 324 g/mol. The predicted molar refractivity (Wildman–Crippen MR) is 84.7 cm³/mol. The number of rotatable bonds is 3. The molecular formula is C17H28N2O4. The molecule has 3 rings (SSSR count). The topological polar surface area (TPSA) is 59.1 Å². The number of morpholine rings is 1. The first kappa shape index (κ1) is 16.7. The molecule has 0 aromatic carbocycles. The van der Waals surface area contributed by atoms with Crippen LogP contribution in [-0.4, -0.2) is 66.3 Å². The van der Waals surface area contributed by atoms with Crippen molar-refractivity contribution in [3.8, 4) is 0 Å². The van der Waals surface area contributed by atoms with Crippen molar-refractivity contribution in [3.05, 3.63) is 0 Å². The first-order valence-corrected chi connectivity index (χ1v) is 9.00. The minimum atomic E-state index is -0.531. The van der Waals surface area contributed by atoms with Gasteiger partial charge in [0, 0.05) is 19.5 Å². The summed E-state index contributed by atoms with van der Waals surface area (Å²) in [4.78, 5) is 29.3. The average molecular weight is 324 g/mol. The maximum Gasteiger partial charge on any atom is 0.248 e. The van der Waals surface area contributed by atoms with Crippen molar-refractivity contribution >= 4 is 11.8 Å². The number of carbonyl (C=O) groups excluding carboxylic acids is 2. The van der Waals surface area contributed by atoms with Crippen LogP contribution in [0.2, 0.25) is 0 Å². The van der Waals surface area contributed by atoms with E-state index in [4.69, 9.17) is 9.47 Å². The third-order valence-corrected chi connectivity index (χ3v) is 5.24. The zero-order valence-corrected chi connectivity index (χ0v) is 14.1. The van der Waals surface area contributed by atoms with E-state index in [1.54, 1.807) is 0 Å². The first-order chi connectivity index (χ1) is 11.2. The minimum Gasteiger partial charge on any atom is -0.378 e. The van der Waals surface area contributed by atoms with Crippen LogP contribution >= 0.6 is 0 Å². The molecule has 2 saturated heterocycles. The van der Waals surface area contributed by atoms with Gasteiger partial charge in [-0.3, -0.25) is 14.5 Å². The second kappa shape index (κ2) is 7.18. The highest BCUT2D eigenvalue weighted by molar-refractivity contribution is 5.89. The molecule has 0 aromatic rings. The van der Waals surface area contributed by atoms with E-state index in [9.17, 15) is 9.59 Å². The molecule has 1 saturated carbocycles. The fraction of sp³-hybridized carbons (Fsp3) is 0.882. The third-order valence-electron chi connectivity index (χ3n) is 5.24. The van der Waals surface area contributed by atoms with Crippen LogP contribution in [0.3, 0.4) is 0 Å². The average Bonchev–Trinajstić information content (AvgIpc) is 2.94. The molecule has 3 fully saturated rings. The SMILES string of the molecule is CCCC(=O)N1[C@H](C(=O)N2CCOCC2)COC12CCCCC2. The fourth-order valence-corrected chi connectivity index (χ4v) is 4.06. The standard InChI is InChI=1S/C17H28N2O4/c1-2-6-15(20)19-14(16(21)18-9-11-22-12-10-18)13-23-17(19)7-4-3-5-8-17/h14H,2-13H2,1H3/t14-/m0/s1. The van der Waals surface area contributed by atoms with Crippen LogP contribution < -0.4 is 0 Å². The second-order valence-corrected chi connectivity index (χ2v) is 6.79. The van der Waals surface area contributed by atoms with E-state index in [0.29, 0.717) is 39.3 Å². The van der Waals surface area contributed by atoms with Gasteiger partial charge in [-0.05, 0) is 32.1 Å². The lowest BCUT2D eigenvalue weighted by molar-refractivity contribution is -0.162. The minimum absolute atomic E-state index is 0.0280. The Bertz CT molecular complexity index is 442. The molecule has 23 heavy (non-hydrogen) atoms. The van der Waals surface area contributed by atoms with Crippen LogP contribution in [0.5, 0.6) is 0 Å². The molecule has 1 spiro atoms. The maximum atomic E-state index is 12.9. The Morgan fingerprint density at radius 2 is 1.83 bits per heavy atom. The van der Waals surface area contributed by atoms with E-state index >= 15 is 0 Å². The Hall–Kier alpha value is -1.14. The fourth-order valence-electron chi connectivity index (χ4n) is 4.06. The van der Waals surface area contributed by atoms with Gasteiger partial charge in [0.15, 0.2) is 0 Å². The van der Waals surface area contributed by atoms with Gasteiger partial charge in [0.1, 0.15) is 11.8 Å². The molecule has 6 nitrogen and oxygen atoms in total. The Morgan fingerprint density at radius 3 is 2.48 bits per heavy atom. The van der Waals surface area contributed by atoms with Gasteiger partial charge >= 0.3 is 0 Å². The summed E-state index contributed by atoms with van der Waals surface area (Å²) in [6, 6.07) is -0.453. The molecule has 130 valence electrons. The Kier molecular flexibility index (Phi) is 5.21. The number of hydrogen-bond acceptors (Lipinski definition) is 4. The third kappa shape index (κ3) is 3.24. The van der Waals surface area contributed by atoms with Crippen molar-refractivity contribution in [1.29, 1.82) is 0 Å². The van der Waals surface area contributed by atoms with E-state index in [1.165, 1.54) is 6.42 Å². The largest absolute Gasteiger partial charge is 0.378 e. The molecule has 0 bridgehead atoms. The number of carbonyl (C=O) groups is 2. The lowest BCUT2D eigenvalue weighted by Crippen LogP contribution is -2.58. The summed E-state index contributed by atoms with van der Waals surface area (Å²) in [6.07, 6.45) is 6.30. The Labute approximate surface area is 138 Å². The highest BCUT2D eigenvalue weighted by atomic mass is 16.5. The summed E-state index contributed by atoms with van der Waals surface area (Å²) in [5.74, 6) is 0.0960. The van der Waals surface area contributed by atoms with Crippen molar-refractivity contribution in [3.63, 3.8) is 0 Å². The van der Waals surface area contributed by atoms with E-state index in [0.717, 1.165) is 32.1 Å². The van der Waals surface area contributed by atoms with Crippen LogP contribution in [0, 0.1) is 0 Å². The highest BCUT2D eigenvalue weighted by Crippen LogP contribution is 2.41. The zero-order valence-electron chi connectivity index (χ0n) is 14.1. The van der Waals surface area contributed by atoms with Crippen LogP contribution in [0.15, 0.2) is 0 Å². The van der Waals surface area contributed by atoms with Crippen molar-refractivity contribution in [1.82, 2.24) is 9.80 Å². The molecule has 0 unspecified atom stereocenters. The molecule has 0 radical (unpaired) electrons. The van der Waals surface area contributed by atoms with Crippen LogP contribution in [0.25, 0.3) is 0 Å². The van der Waals surface area contributed by atoms with Gasteiger partial charge in [0.05, 0.1) is 19.8 Å². The van der Waals surface area contributed by atoms with Crippen molar-refractivity contribution < 1.29 is 19.1 Å². The summed E-state index contributed by atoms with van der Waals surface area (Å²) >= 11 is 0. The van der Waals surface area contributed by atoms with Crippen LogP contribution in [0.4, 0.5) is 0 Å². The molecule has 1 atom stereocenters. The van der Waals surface area contributed by atoms with E-state index in [-0.39, 0.29) is 11.8 Å². The quantitative estimate of drug-likeness (QED) is 0.790. The van der Waals surface area contributed by atoms with Crippen molar-refractivity contribution in [2.75, 3.05) is 32.9 Å². The lowest BCUT2D eigenvalue weighted by Gasteiger charge is -2.42. The van der Waals surface area contributed by atoms with Gasteiger partial charge in [0.25, 0.3) is 0 Å². The first-order valence-electron chi connectivity index (χ1n) is 9.00. The number of amides is 2. The number of hydrogen-bond donors (Lipinski definition) is 0. The van der Waals surface area contributed by atoms with Gasteiger partial charge in [-0.15, -0.1) is 0 Å². The second-order valence-electron chi connectivity index (χ2n) is 6.79. The smallest absolute Gasteiger partial charge is 0.248 e. The van der Waals surface area contributed by atoms with Gasteiger partial charge < -0.3 is 14.4 Å². The van der Waals surface area contributed by atoms with Gasteiger partial charge in [-0.25, -0.2) is 0 Å². The summed E-state index contributed by atoms with van der Waals surface area (Å²) in [5.41, 5.74) is -0.531. The van der Waals surface area contributed by atoms with E-state index in [1.807, 2.05) is 16.7 Å². The normalized spacial score (nSPS) is 27.4. The van der Waals surface area contributed by atoms with E-state index < -0.39 is 11.8 Å². The van der Waals surface area contributed by atoms with E-state index in [2.05, 4.69) is 0 Å². The van der Waals surface area contributed by atoms with Crippen molar-refractivity contribution in [2.45, 2.75) is 63.6 Å². The Morgan fingerprint density at radius 1 is 1.13 bits per heavy atom. The van der Waals surface area contributed by atoms with Crippen LogP contribution in [0.1, 0.15) is 51.9 Å². The molecule has 2 heterocycles. The van der Waals surface area contributed by atoms with Gasteiger partial charge in [-0.1, -0.05) is 13.3 Å². The van der Waals surface area contributed by atoms with Gasteiger partial charge in [-0.2, -0.15) is 0 Å². The summed E-state index contributed by atoms with van der Waals surface area (Å²) in [7, 11) is 0. The molecule has 3 aliphatic rings. The molecule has 0 aromatic heterocycles. The molecule has 2 aliphatic heterocycles. The predicted octanol–water partition coefficient (Wildman–Crippen LogP) is 1.53. The molecule has 1 aliphatic carbocycles. The Balaban J connectivity index is 1.80. The lowest BCUT2D eigenvalue weighted by atomic mass is 9.89. The summed E-state index contributed by atoms with van der Waals surface area (Å²) in [5, 5.41) is 0. The summed E-state index contributed by atoms with van der Waals surface area (Å²) in [6.45, 7) is 4.71. The number of nitrogens with zero attached hydrogens (tertiary/aromatic N) is 2. The highest BCUT2D eigenvalue weighted by Gasteiger charge is 2.53. The molecule has 0 N–H and O–H groups in total. The molecule has 6 heteroatoms. The maximum absolute atomic E-state index is 12.9. The summed E-state index contributed by atoms with van der Waals surface area (Å²) < 4.78 is 11.4. The molecular weight excluding hydrogens is 296 g/mol. The molecule has 2 amide bonds. The zero-order chi connectivity index (χ0) is 16.3. The van der Waals surface area contributed by atoms with Crippen molar-refractivity contribution in [2.24, 2.45) is 0 Å². The number of ether oxygens (including phenoxy) is 2. The van der Waals surface area contributed by atoms with Gasteiger partial charge in [0.2, 0.25) is 11.8 Å². The van der Waals surface area contributed by atoms with Crippen LogP contribution in [-0.2, 0) is 19.1 Å².